The van der Waals surface area contributed by atoms with Gasteiger partial charge in [0.05, 0.1) is 5.56 Å². The number of nitrogens with zero attached hydrogens (tertiary/aromatic N) is 1. The van der Waals surface area contributed by atoms with Gasteiger partial charge in [-0.25, -0.2) is 4.79 Å². The first kappa shape index (κ1) is 22.4. The van der Waals surface area contributed by atoms with Crippen LogP contribution in [0.1, 0.15) is 50.4 Å². The van der Waals surface area contributed by atoms with Crippen LogP contribution in [0.2, 0.25) is 0 Å². The zero-order valence-electron chi connectivity index (χ0n) is 16.6. The molecule has 1 heterocycles. The Morgan fingerprint density at radius 1 is 1.18 bits per heavy atom. The Balaban J connectivity index is 1.69. The fourth-order valence-corrected chi connectivity index (χ4v) is 3.54. The Morgan fingerprint density at radius 2 is 1.82 bits per heavy atom. The fourth-order valence-electron chi connectivity index (χ4n) is 2.92. The number of carbonyl (C=O) groups excluding carboxylic acids is 3. The number of carbonyl (C=O) groups is 3. The molecule has 0 aliphatic carbocycles. The summed E-state index contributed by atoms with van der Waals surface area (Å²) in [5.74, 6) is -0.0743. The third-order valence-corrected chi connectivity index (χ3v) is 5.21. The van der Waals surface area contributed by atoms with Crippen molar-refractivity contribution >= 4 is 40.5 Å². The Morgan fingerprint density at radius 3 is 2.43 bits per heavy atom. The number of alkyl carbamates (subject to hydrolysis) is 1. The summed E-state index contributed by atoms with van der Waals surface area (Å²) in [7, 11) is 0. The first-order chi connectivity index (χ1) is 13.2. The van der Waals surface area contributed by atoms with E-state index >= 15 is 0 Å². The van der Waals surface area contributed by atoms with E-state index in [1.807, 2.05) is 29.2 Å². The molecular formula is C20H28IN3O4. The molecular weight excluding hydrogens is 473 g/mol. The SMILES string of the molecule is CC(C)(C)OC(=O)NCCC(=O)NC1CCN(C(=O)c2ccccc2I)CC1. The van der Waals surface area contributed by atoms with Crippen molar-refractivity contribution in [1.82, 2.24) is 15.5 Å². The van der Waals surface area contributed by atoms with Crippen LogP contribution in [-0.4, -0.2) is 54.1 Å². The van der Waals surface area contributed by atoms with Gasteiger partial charge in [-0.3, -0.25) is 9.59 Å². The Kier molecular flexibility index (Phi) is 8.09. The summed E-state index contributed by atoms with van der Waals surface area (Å²) in [5, 5.41) is 5.56. The number of halogens is 1. The molecule has 0 spiro atoms. The lowest BCUT2D eigenvalue weighted by molar-refractivity contribution is -0.121. The van der Waals surface area contributed by atoms with Crippen molar-refractivity contribution in [3.63, 3.8) is 0 Å². The van der Waals surface area contributed by atoms with Crippen molar-refractivity contribution in [2.24, 2.45) is 0 Å². The van der Waals surface area contributed by atoms with Crippen molar-refractivity contribution in [3.05, 3.63) is 33.4 Å². The predicted molar refractivity (Wildman–Crippen MR) is 115 cm³/mol. The normalized spacial score (nSPS) is 15.1. The molecule has 0 unspecified atom stereocenters. The maximum Gasteiger partial charge on any atom is 0.407 e. The molecule has 0 aromatic heterocycles. The third-order valence-electron chi connectivity index (χ3n) is 4.27. The van der Waals surface area contributed by atoms with Crippen LogP contribution in [0.15, 0.2) is 24.3 Å². The second kappa shape index (κ2) is 10.1. The number of piperidine rings is 1. The Labute approximate surface area is 179 Å². The smallest absolute Gasteiger partial charge is 0.407 e. The number of nitrogens with one attached hydrogen (secondary N) is 2. The minimum absolute atomic E-state index is 0.0383. The van der Waals surface area contributed by atoms with E-state index in [1.54, 1.807) is 20.8 Å². The highest BCUT2D eigenvalue weighted by molar-refractivity contribution is 14.1. The molecule has 1 aliphatic rings. The van der Waals surface area contributed by atoms with Crippen LogP contribution in [0.25, 0.3) is 0 Å². The van der Waals surface area contributed by atoms with Gasteiger partial charge in [0, 0.05) is 35.7 Å². The Bertz CT molecular complexity index is 710. The maximum atomic E-state index is 12.6. The number of rotatable bonds is 5. The summed E-state index contributed by atoms with van der Waals surface area (Å²) in [5.41, 5.74) is 0.161. The van der Waals surface area contributed by atoms with Gasteiger partial charge in [0.1, 0.15) is 5.60 Å². The number of likely N-dealkylation sites (tertiary alicyclic amines) is 1. The number of amides is 3. The van der Waals surface area contributed by atoms with E-state index in [-0.39, 0.29) is 30.8 Å². The predicted octanol–water partition coefficient (Wildman–Crippen LogP) is 2.93. The summed E-state index contributed by atoms with van der Waals surface area (Å²) >= 11 is 2.17. The Hall–Kier alpha value is -1.84. The molecule has 1 aliphatic heterocycles. The van der Waals surface area contributed by atoms with Crippen molar-refractivity contribution in [1.29, 1.82) is 0 Å². The van der Waals surface area contributed by atoms with Crippen LogP contribution in [-0.2, 0) is 9.53 Å². The van der Waals surface area contributed by atoms with Gasteiger partial charge in [-0.15, -0.1) is 0 Å². The van der Waals surface area contributed by atoms with Crippen molar-refractivity contribution in [2.75, 3.05) is 19.6 Å². The molecule has 1 aromatic rings. The zero-order chi connectivity index (χ0) is 20.7. The lowest BCUT2D eigenvalue weighted by Crippen LogP contribution is -2.47. The van der Waals surface area contributed by atoms with Gasteiger partial charge in [-0.2, -0.15) is 0 Å². The van der Waals surface area contributed by atoms with Crippen LogP contribution in [0.4, 0.5) is 4.79 Å². The van der Waals surface area contributed by atoms with Crippen LogP contribution in [0, 0.1) is 3.57 Å². The number of hydrogen-bond donors (Lipinski definition) is 2. The van der Waals surface area contributed by atoms with Crippen LogP contribution < -0.4 is 10.6 Å². The van der Waals surface area contributed by atoms with Gasteiger partial charge in [0.2, 0.25) is 5.91 Å². The van der Waals surface area contributed by atoms with Crippen molar-refractivity contribution in [3.8, 4) is 0 Å². The summed E-state index contributed by atoms with van der Waals surface area (Å²) in [6.45, 7) is 6.82. The zero-order valence-corrected chi connectivity index (χ0v) is 18.7. The quantitative estimate of drug-likeness (QED) is 0.608. The second-order valence-corrected chi connectivity index (χ2v) is 8.95. The van der Waals surface area contributed by atoms with E-state index in [9.17, 15) is 14.4 Å². The monoisotopic (exact) mass is 501 g/mol. The molecule has 8 heteroatoms. The lowest BCUT2D eigenvalue weighted by atomic mass is 10.0. The van der Waals surface area contributed by atoms with Gasteiger partial charge in [-0.05, 0) is 68.3 Å². The number of benzene rings is 1. The van der Waals surface area contributed by atoms with Crippen LogP contribution >= 0.6 is 22.6 Å². The van der Waals surface area contributed by atoms with Gasteiger partial charge in [-0.1, -0.05) is 12.1 Å². The van der Waals surface area contributed by atoms with Gasteiger partial charge in [0.25, 0.3) is 5.91 Å². The van der Waals surface area contributed by atoms with Crippen molar-refractivity contribution < 1.29 is 19.1 Å². The number of hydrogen-bond acceptors (Lipinski definition) is 4. The molecule has 3 amide bonds. The summed E-state index contributed by atoms with van der Waals surface area (Å²) in [6, 6.07) is 7.60. The molecule has 2 N–H and O–H groups in total. The van der Waals surface area contributed by atoms with Gasteiger partial charge < -0.3 is 20.3 Å². The highest BCUT2D eigenvalue weighted by atomic mass is 127. The average molecular weight is 501 g/mol. The first-order valence-electron chi connectivity index (χ1n) is 9.46. The molecule has 0 atom stereocenters. The molecule has 1 saturated heterocycles. The molecule has 0 bridgehead atoms. The first-order valence-corrected chi connectivity index (χ1v) is 10.5. The standard InChI is InChI=1S/C20H28IN3O4/c1-20(2,3)28-19(27)22-11-8-17(25)23-14-9-12-24(13-10-14)18(26)15-6-4-5-7-16(15)21/h4-7,14H,8-13H2,1-3H3,(H,22,27)(H,23,25). The largest absolute Gasteiger partial charge is 0.444 e. The summed E-state index contributed by atoms with van der Waals surface area (Å²) < 4.78 is 6.07. The van der Waals surface area contributed by atoms with Gasteiger partial charge >= 0.3 is 6.09 Å². The molecule has 28 heavy (non-hydrogen) atoms. The minimum Gasteiger partial charge on any atom is -0.444 e. The molecule has 1 aromatic carbocycles. The second-order valence-electron chi connectivity index (χ2n) is 7.79. The highest BCUT2D eigenvalue weighted by Gasteiger charge is 2.25. The molecule has 0 radical (unpaired) electrons. The van der Waals surface area contributed by atoms with E-state index in [0.717, 1.165) is 22.0 Å². The molecule has 0 saturated carbocycles. The molecule has 7 nitrogen and oxygen atoms in total. The van der Waals surface area contributed by atoms with E-state index in [1.165, 1.54) is 0 Å². The van der Waals surface area contributed by atoms with E-state index < -0.39 is 11.7 Å². The minimum atomic E-state index is -0.560. The number of ether oxygens (including phenoxy) is 1. The molecule has 2 rings (SSSR count). The highest BCUT2D eigenvalue weighted by Crippen LogP contribution is 2.18. The molecule has 154 valence electrons. The van der Waals surface area contributed by atoms with Crippen molar-refractivity contribution in [2.45, 2.75) is 51.7 Å². The summed E-state index contributed by atoms with van der Waals surface area (Å²) in [4.78, 5) is 38.1. The van der Waals surface area contributed by atoms with E-state index in [2.05, 4.69) is 33.2 Å². The lowest BCUT2D eigenvalue weighted by Gasteiger charge is -2.32. The topological polar surface area (TPSA) is 87.7 Å². The maximum absolute atomic E-state index is 12.6. The van der Waals surface area contributed by atoms with Crippen LogP contribution in [0.5, 0.6) is 0 Å². The fraction of sp³-hybridized carbons (Fsp3) is 0.550. The summed E-state index contributed by atoms with van der Waals surface area (Å²) in [6.07, 6.45) is 1.11. The van der Waals surface area contributed by atoms with Crippen LogP contribution in [0.3, 0.4) is 0 Å². The third kappa shape index (κ3) is 7.29. The average Bonchev–Trinajstić information content (AvgIpc) is 2.60. The van der Waals surface area contributed by atoms with E-state index in [0.29, 0.717) is 13.1 Å². The van der Waals surface area contributed by atoms with E-state index in [4.69, 9.17) is 4.74 Å². The van der Waals surface area contributed by atoms with Gasteiger partial charge in [0.15, 0.2) is 0 Å². The molecule has 1 fully saturated rings.